The maximum Gasteiger partial charge on any atom is 0.318 e. The van der Waals surface area contributed by atoms with Gasteiger partial charge in [-0.15, -0.1) is 0 Å². The van der Waals surface area contributed by atoms with Crippen LogP contribution in [0.15, 0.2) is 29.4 Å². The van der Waals surface area contributed by atoms with E-state index in [1.54, 1.807) is 6.20 Å². The van der Waals surface area contributed by atoms with Crippen molar-refractivity contribution in [1.29, 1.82) is 0 Å². The Labute approximate surface area is 119 Å². The van der Waals surface area contributed by atoms with Crippen LogP contribution in [-0.2, 0) is 6.54 Å². The average Bonchev–Trinajstić information content (AvgIpc) is 2.45. The second-order valence-corrected chi connectivity index (χ2v) is 4.46. The number of hydrogen-bond acceptors (Lipinski definition) is 3. The Balaban J connectivity index is 2.44. The molecule has 0 aliphatic heterocycles. The van der Waals surface area contributed by atoms with Crippen LogP contribution in [0.4, 0.5) is 4.79 Å². The van der Waals surface area contributed by atoms with Crippen LogP contribution in [0, 0.1) is 0 Å². The highest BCUT2D eigenvalue weighted by Crippen LogP contribution is 1.98. The molecule has 0 unspecified atom stereocenters. The number of guanidine groups is 1. The molecule has 110 valence electrons. The number of urea groups is 1. The van der Waals surface area contributed by atoms with Crippen LogP contribution >= 0.6 is 0 Å². The van der Waals surface area contributed by atoms with E-state index in [0.717, 1.165) is 25.1 Å². The summed E-state index contributed by atoms with van der Waals surface area (Å²) in [7, 11) is 0. The zero-order valence-corrected chi connectivity index (χ0v) is 11.9. The molecule has 1 heterocycles. The van der Waals surface area contributed by atoms with Gasteiger partial charge in [-0.3, -0.25) is 10.3 Å². The van der Waals surface area contributed by atoms with E-state index >= 15 is 0 Å². The third kappa shape index (κ3) is 7.35. The van der Waals surface area contributed by atoms with Crippen molar-refractivity contribution in [2.75, 3.05) is 6.54 Å². The smallest absolute Gasteiger partial charge is 0.318 e. The molecule has 0 aliphatic carbocycles. The molecular formula is C14H23N5O. The fraction of sp³-hybridized carbons (Fsp3) is 0.500. The molecule has 0 aromatic carbocycles. The highest BCUT2D eigenvalue weighted by Gasteiger charge is 2.01. The number of carbonyl (C=O) groups is 1. The maximum absolute atomic E-state index is 10.9. The van der Waals surface area contributed by atoms with Gasteiger partial charge in [0.2, 0.25) is 0 Å². The largest absolute Gasteiger partial charge is 0.356 e. The SMILES string of the molecule is CCCCCCNC(=NCc1ccccn1)NC(N)=O. The van der Waals surface area contributed by atoms with E-state index < -0.39 is 6.03 Å². The van der Waals surface area contributed by atoms with E-state index in [0.29, 0.717) is 12.5 Å². The number of nitrogens with one attached hydrogen (secondary N) is 2. The summed E-state index contributed by atoms with van der Waals surface area (Å²) < 4.78 is 0. The summed E-state index contributed by atoms with van der Waals surface area (Å²) in [6.07, 6.45) is 6.32. The minimum Gasteiger partial charge on any atom is -0.356 e. The van der Waals surface area contributed by atoms with Crippen LogP contribution in [-0.4, -0.2) is 23.5 Å². The van der Waals surface area contributed by atoms with Gasteiger partial charge in [-0.1, -0.05) is 32.3 Å². The molecule has 0 fully saturated rings. The molecule has 1 rings (SSSR count). The van der Waals surface area contributed by atoms with Crippen molar-refractivity contribution < 1.29 is 4.79 Å². The number of pyridine rings is 1. The lowest BCUT2D eigenvalue weighted by Crippen LogP contribution is -2.44. The van der Waals surface area contributed by atoms with Crippen LogP contribution < -0.4 is 16.4 Å². The zero-order valence-electron chi connectivity index (χ0n) is 11.9. The van der Waals surface area contributed by atoms with Crippen LogP contribution in [0.5, 0.6) is 0 Å². The number of aromatic nitrogens is 1. The molecule has 2 amide bonds. The summed E-state index contributed by atoms with van der Waals surface area (Å²) in [6, 6.07) is 5.01. The molecule has 1 aromatic heterocycles. The Morgan fingerprint density at radius 3 is 2.85 bits per heavy atom. The minimum absolute atomic E-state index is 0.401. The molecule has 0 radical (unpaired) electrons. The van der Waals surface area contributed by atoms with E-state index in [9.17, 15) is 4.79 Å². The number of hydrogen-bond donors (Lipinski definition) is 3. The summed E-state index contributed by atoms with van der Waals surface area (Å²) in [5.41, 5.74) is 5.96. The van der Waals surface area contributed by atoms with Crippen molar-refractivity contribution in [2.45, 2.75) is 39.2 Å². The summed E-state index contributed by atoms with van der Waals surface area (Å²) in [6.45, 7) is 3.33. The Hall–Kier alpha value is -2.11. The molecule has 0 saturated heterocycles. The monoisotopic (exact) mass is 277 g/mol. The van der Waals surface area contributed by atoms with Crippen LogP contribution in [0.25, 0.3) is 0 Å². The topological polar surface area (TPSA) is 92.4 Å². The summed E-state index contributed by atoms with van der Waals surface area (Å²) >= 11 is 0. The van der Waals surface area contributed by atoms with Gasteiger partial charge in [0.05, 0.1) is 12.2 Å². The number of nitrogens with zero attached hydrogens (tertiary/aromatic N) is 2. The molecule has 6 heteroatoms. The first-order chi connectivity index (χ1) is 9.72. The standard InChI is InChI=1S/C14H23N5O/c1-2-3-4-6-10-17-14(19-13(15)20)18-11-12-8-5-7-9-16-12/h5,7-9H,2-4,6,10-11H2,1H3,(H4,15,17,18,19,20). The number of amides is 2. The number of nitrogens with two attached hydrogens (primary N) is 1. The van der Waals surface area contributed by atoms with Gasteiger partial charge in [0.25, 0.3) is 0 Å². The average molecular weight is 277 g/mol. The molecule has 0 saturated carbocycles. The molecular weight excluding hydrogens is 254 g/mol. The van der Waals surface area contributed by atoms with Crippen molar-refractivity contribution in [3.05, 3.63) is 30.1 Å². The third-order valence-electron chi connectivity index (χ3n) is 2.69. The van der Waals surface area contributed by atoms with Gasteiger partial charge >= 0.3 is 6.03 Å². The van der Waals surface area contributed by atoms with Crippen LogP contribution in [0.2, 0.25) is 0 Å². The highest BCUT2D eigenvalue weighted by atomic mass is 16.2. The van der Waals surface area contributed by atoms with E-state index in [4.69, 9.17) is 5.73 Å². The molecule has 20 heavy (non-hydrogen) atoms. The van der Waals surface area contributed by atoms with E-state index in [-0.39, 0.29) is 0 Å². The van der Waals surface area contributed by atoms with Gasteiger partial charge in [-0.05, 0) is 18.6 Å². The van der Waals surface area contributed by atoms with Crippen LogP contribution in [0.3, 0.4) is 0 Å². The lowest BCUT2D eigenvalue weighted by Gasteiger charge is -2.09. The van der Waals surface area contributed by atoms with Gasteiger partial charge in [-0.25, -0.2) is 9.79 Å². The quantitative estimate of drug-likeness (QED) is 0.403. The number of primary amides is 1. The first-order valence-corrected chi connectivity index (χ1v) is 6.97. The molecule has 1 aromatic rings. The van der Waals surface area contributed by atoms with Crippen molar-refractivity contribution in [3.8, 4) is 0 Å². The predicted octanol–water partition coefficient (Wildman–Crippen LogP) is 1.78. The molecule has 4 N–H and O–H groups in total. The lowest BCUT2D eigenvalue weighted by atomic mass is 10.2. The summed E-state index contributed by atoms with van der Waals surface area (Å²) in [5.74, 6) is 0.402. The van der Waals surface area contributed by atoms with Gasteiger partial charge in [0, 0.05) is 12.7 Å². The number of aliphatic imine (C=N–C) groups is 1. The summed E-state index contributed by atoms with van der Waals surface area (Å²) in [4.78, 5) is 19.4. The van der Waals surface area contributed by atoms with Crippen molar-refractivity contribution in [1.82, 2.24) is 15.6 Å². The Kier molecular flexibility index (Phi) is 7.79. The fourth-order valence-corrected chi connectivity index (χ4v) is 1.67. The van der Waals surface area contributed by atoms with E-state index in [1.165, 1.54) is 12.8 Å². The summed E-state index contributed by atoms with van der Waals surface area (Å²) in [5, 5.41) is 5.58. The van der Waals surface area contributed by atoms with Gasteiger partial charge in [0.1, 0.15) is 0 Å². The Morgan fingerprint density at radius 2 is 2.20 bits per heavy atom. The fourth-order valence-electron chi connectivity index (χ4n) is 1.67. The highest BCUT2D eigenvalue weighted by molar-refractivity contribution is 5.95. The minimum atomic E-state index is -0.620. The third-order valence-corrected chi connectivity index (χ3v) is 2.69. The molecule has 0 atom stereocenters. The second-order valence-electron chi connectivity index (χ2n) is 4.46. The van der Waals surface area contributed by atoms with E-state index in [1.807, 2.05) is 18.2 Å². The predicted molar refractivity (Wildman–Crippen MR) is 80.2 cm³/mol. The number of unbranched alkanes of at least 4 members (excludes halogenated alkanes) is 3. The second kappa shape index (κ2) is 9.77. The molecule has 0 aliphatic rings. The first kappa shape index (κ1) is 15.9. The van der Waals surface area contributed by atoms with Crippen LogP contribution in [0.1, 0.15) is 38.3 Å². The zero-order chi connectivity index (χ0) is 14.6. The molecule has 0 bridgehead atoms. The van der Waals surface area contributed by atoms with Crippen molar-refractivity contribution in [3.63, 3.8) is 0 Å². The van der Waals surface area contributed by atoms with Gasteiger partial charge < -0.3 is 11.1 Å². The number of rotatable bonds is 7. The first-order valence-electron chi connectivity index (χ1n) is 6.97. The number of carbonyl (C=O) groups excluding carboxylic acids is 1. The normalized spacial score (nSPS) is 11.2. The van der Waals surface area contributed by atoms with E-state index in [2.05, 4.69) is 27.5 Å². The van der Waals surface area contributed by atoms with Gasteiger partial charge in [0.15, 0.2) is 5.96 Å². The van der Waals surface area contributed by atoms with Crippen molar-refractivity contribution >= 4 is 12.0 Å². The molecule has 6 nitrogen and oxygen atoms in total. The Morgan fingerprint density at radius 1 is 1.35 bits per heavy atom. The lowest BCUT2D eigenvalue weighted by molar-refractivity contribution is 0.253. The van der Waals surface area contributed by atoms with Crippen molar-refractivity contribution in [2.24, 2.45) is 10.7 Å². The molecule has 0 spiro atoms. The Bertz CT molecular complexity index is 419. The van der Waals surface area contributed by atoms with Gasteiger partial charge in [-0.2, -0.15) is 0 Å². The maximum atomic E-state index is 10.9.